The van der Waals surface area contributed by atoms with Gasteiger partial charge >= 0.3 is 12.0 Å². The van der Waals surface area contributed by atoms with Gasteiger partial charge in [-0.25, -0.2) is 9.59 Å². The zero-order chi connectivity index (χ0) is 13.8. The number of hydrogen-bond donors (Lipinski definition) is 2. The molecule has 1 atom stereocenters. The highest BCUT2D eigenvalue weighted by Crippen LogP contribution is 2.20. The van der Waals surface area contributed by atoms with Crippen LogP contribution in [-0.2, 0) is 11.3 Å². The summed E-state index contributed by atoms with van der Waals surface area (Å²) in [4.78, 5) is 24.3. The number of rotatable bonds is 3. The molecular weight excluding hydrogens is 264 g/mol. The van der Waals surface area contributed by atoms with E-state index in [0.29, 0.717) is 18.2 Å². The fourth-order valence-electron chi connectivity index (χ4n) is 1.83. The fourth-order valence-corrected chi connectivity index (χ4v) is 2.98. The van der Waals surface area contributed by atoms with E-state index in [0.717, 1.165) is 11.1 Å². The summed E-state index contributed by atoms with van der Waals surface area (Å²) in [5.41, 5.74) is 2.16. The molecule has 102 valence electrons. The van der Waals surface area contributed by atoms with Gasteiger partial charge in [0.2, 0.25) is 0 Å². The van der Waals surface area contributed by atoms with E-state index in [-0.39, 0.29) is 6.03 Å². The predicted octanol–water partition coefficient (Wildman–Crippen LogP) is 1.66. The van der Waals surface area contributed by atoms with Crippen LogP contribution in [0.25, 0.3) is 0 Å². The van der Waals surface area contributed by atoms with Crippen LogP contribution in [0.1, 0.15) is 11.1 Å². The van der Waals surface area contributed by atoms with Crippen molar-refractivity contribution < 1.29 is 14.7 Å². The molecule has 1 saturated heterocycles. The molecule has 19 heavy (non-hydrogen) atoms. The van der Waals surface area contributed by atoms with Gasteiger partial charge in [0.15, 0.2) is 0 Å². The fraction of sp³-hybridized carbons (Fsp3) is 0.385. The average Bonchev–Trinajstić information content (AvgIpc) is 2.87. The van der Waals surface area contributed by atoms with E-state index in [2.05, 4.69) is 5.32 Å². The van der Waals surface area contributed by atoms with E-state index in [1.807, 2.05) is 31.2 Å². The zero-order valence-electron chi connectivity index (χ0n) is 10.6. The Morgan fingerprint density at radius 1 is 1.42 bits per heavy atom. The number of aliphatic carboxylic acids is 1. The van der Waals surface area contributed by atoms with Crippen LogP contribution in [-0.4, -0.2) is 39.7 Å². The quantitative estimate of drug-likeness (QED) is 0.883. The van der Waals surface area contributed by atoms with Crippen LogP contribution in [0.15, 0.2) is 24.3 Å². The molecule has 1 heterocycles. The van der Waals surface area contributed by atoms with Crippen molar-refractivity contribution in [1.82, 2.24) is 10.2 Å². The van der Waals surface area contributed by atoms with Gasteiger partial charge in [0, 0.05) is 12.3 Å². The molecule has 1 aromatic rings. The van der Waals surface area contributed by atoms with Crippen LogP contribution >= 0.6 is 11.8 Å². The highest BCUT2D eigenvalue weighted by Gasteiger charge is 2.34. The van der Waals surface area contributed by atoms with Crippen molar-refractivity contribution >= 4 is 23.8 Å². The highest BCUT2D eigenvalue weighted by atomic mass is 32.2. The topological polar surface area (TPSA) is 69.6 Å². The molecule has 1 aliphatic heterocycles. The number of carboxylic acids is 1. The van der Waals surface area contributed by atoms with Crippen molar-refractivity contribution in [3.05, 3.63) is 35.4 Å². The average molecular weight is 280 g/mol. The van der Waals surface area contributed by atoms with E-state index < -0.39 is 12.0 Å². The van der Waals surface area contributed by atoms with Gasteiger partial charge in [-0.15, -0.1) is 11.8 Å². The van der Waals surface area contributed by atoms with E-state index in [1.54, 1.807) is 0 Å². The van der Waals surface area contributed by atoms with Gasteiger partial charge < -0.3 is 15.3 Å². The molecule has 0 unspecified atom stereocenters. The second kappa shape index (κ2) is 5.97. The zero-order valence-corrected chi connectivity index (χ0v) is 11.4. The van der Waals surface area contributed by atoms with E-state index in [4.69, 9.17) is 5.11 Å². The Labute approximate surface area is 116 Å². The summed E-state index contributed by atoms with van der Waals surface area (Å²) >= 11 is 1.45. The number of aryl methyl sites for hydroxylation is 1. The largest absolute Gasteiger partial charge is 0.480 e. The van der Waals surface area contributed by atoms with Crippen molar-refractivity contribution in [3.8, 4) is 0 Å². The SMILES string of the molecule is Cc1ccc(CNC(=O)N2CSC[C@H]2C(=O)O)cc1. The molecule has 0 bridgehead atoms. The number of carbonyl (C=O) groups excluding carboxylic acids is 1. The molecule has 6 heteroatoms. The Balaban J connectivity index is 1.90. The molecule has 0 spiro atoms. The summed E-state index contributed by atoms with van der Waals surface area (Å²) < 4.78 is 0. The number of benzene rings is 1. The maximum Gasteiger partial charge on any atom is 0.327 e. The Bertz CT molecular complexity index is 475. The lowest BCUT2D eigenvalue weighted by atomic mass is 10.1. The standard InChI is InChI=1S/C13H16N2O3S/c1-9-2-4-10(5-3-9)6-14-13(18)15-8-19-7-11(15)12(16)17/h2-5,11H,6-8H2,1H3,(H,14,18)(H,16,17)/t11-/m0/s1. The summed E-state index contributed by atoms with van der Waals surface area (Å²) in [5, 5.41) is 11.8. The summed E-state index contributed by atoms with van der Waals surface area (Å²) in [6.45, 7) is 2.41. The number of carboxylic acid groups (broad SMARTS) is 1. The number of amides is 2. The molecule has 0 saturated carbocycles. The van der Waals surface area contributed by atoms with Crippen LogP contribution < -0.4 is 5.32 Å². The Hall–Kier alpha value is -1.69. The molecule has 1 aliphatic rings. The number of urea groups is 1. The van der Waals surface area contributed by atoms with Crippen molar-refractivity contribution in [3.63, 3.8) is 0 Å². The minimum absolute atomic E-state index is 0.321. The van der Waals surface area contributed by atoms with Gasteiger partial charge in [-0.3, -0.25) is 0 Å². The van der Waals surface area contributed by atoms with Crippen LogP contribution in [0.3, 0.4) is 0 Å². The minimum atomic E-state index is -0.949. The van der Waals surface area contributed by atoms with Crippen molar-refractivity contribution in [2.45, 2.75) is 19.5 Å². The van der Waals surface area contributed by atoms with Crippen LogP contribution in [0.2, 0.25) is 0 Å². The smallest absolute Gasteiger partial charge is 0.327 e. The maximum absolute atomic E-state index is 11.9. The van der Waals surface area contributed by atoms with Crippen LogP contribution in [0.5, 0.6) is 0 Å². The highest BCUT2D eigenvalue weighted by molar-refractivity contribution is 7.99. The molecule has 1 fully saturated rings. The lowest BCUT2D eigenvalue weighted by molar-refractivity contribution is -0.140. The Morgan fingerprint density at radius 3 is 2.74 bits per heavy atom. The molecular formula is C13H16N2O3S. The number of carbonyl (C=O) groups is 2. The molecule has 5 nitrogen and oxygen atoms in total. The van der Waals surface area contributed by atoms with E-state index >= 15 is 0 Å². The Kier molecular flexibility index (Phi) is 4.31. The molecule has 1 aromatic carbocycles. The van der Waals surface area contributed by atoms with Gasteiger partial charge in [-0.05, 0) is 12.5 Å². The summed E-state index contributed by atoms with van der Waals surface area (Å²) in [6, 6.07) is 6.81. The second-order valence-electron chi connectivity index (χ2n) is 4.47. The van der Waals surface area contributed by atoms with Gasteiger partial charge in [0.25, 0.3) is 0 Å². The minimum Gasteiger partial charge on any atom is -0.480 e. The number of thioether (sulfide) groups is 1. The monoisotopic (exact) mass is 280 g/mol. The third kappa shape index (κ3) is 3.41. The third-order valence-corrected chi connectivity index (χ3v) is 4.00. The molecule has 2 rings (SSSR count). The van der Waals surface area contributed by atoms with E-state index in [1.165, 1.54) is 16.7 Å². The van der Waals surface area contributed by atoms with Gasteiger partial charge in [0.1, 0.15) is 6.04 Å². The van der Waals surface area contributed by atoms with Crippen molar-refractivity contribution in [2.24, 2.45) is 0 Å². The molecule has 2 N–H and O–H groups in total. The molecule has 0 aromatic heterocycles. The van der Waals surface area contributed by atoms with Gasteiger partial charge in [-0.2, -0.15) is 0 Å². The normalized spacial score (nSPS) is 18.4. The Morgan fingerprint density at radius 2 is 2.11 bits per heavy atom. The maximum atomic E-state index is 11.9. The lowest BCUT2D eigenvalue weighted by Crippen LogP contribution is -2.46. The first-order valence-corrected chi connectivity index (χ1v) is 7.14. The number of nitrogens with one attached hydrogen (secondary N) is 1. The molecule has 0 radical (unpaired) electrons. The number of nitrogens with zero attached hydrogens (tertiary/aromatic N) is 1. The van der Waals surface area contributed by atoms with Gasteiger partial charge in [-0.1, -0.05) is 29.8 Å². The van der Waals surface area contributed by atoms with Gasteiger partial charge in [0.05, 0.1) is 5.88 Å². The lowest BCUT2D eigenvalue weighted by Gasteiger charge is -2.20. The first-order chi connectivity index (χ1) is 9.08. The van der Waals surface area contributed by atoms with Crippen LogP contribution in [0, 0.1) is 6.92 Å². The summed E-state index contributed by atoms with van der Waals surface area (Å²) in [6.07, 6.45) is 0. The van der Waals surface area contributed by atoms with Crippen molar-refractivity contribution in [2.75, 3.05) is 11.6 Å². The molecule has 0 aliphatic carbocycles. The van der Waals surface area contributed by atoms with Crippen molar-refractivity contribution in [1.29, 1.82) is 0 Å². The number of hydrogen-bond acceptors (Lipinski definition) is 3. The predicted molar refractivity (Wildman–Crippen MR) is 74.0 cm³/mol. The van der Waals surface area contributed by atoms with E-state index in [9.17, 15) is 9.59 Å². The second-order valence-corrected chi connectivity index (χ2v) is 5.47. The third-order valence-electron chi connectivity index (χ3n) is 2.99. The van der Waals surface area contributed by atoms with Crippen LogP contribution in [0.4, 0.5) is 4.79 Å². The first-order valence-electron chi connectivity index (χ1n) is 5.98. The molecule has 2 amide bonds. The summed E-state index contributed by atoms with van der Waals surface area (Å²) in [5.74, 6) is -0.0697. The summed E-state index contributed by atoms with van der Waals surface area (Å²) in [7, 11) is 0. The first kappa shape index (κ1) is 13.7.